The van der Waals surface area contributed by atoms with Gasteiger partial charge in [-0.3, -0.25) is 4.79 Å². The number of nitrogens with zero attached hydrogens (tertiary/aromatic N) is 1. The van der Waals surface area contributed by atoms with Crippen LogP contribution < -0.4 is 5.32 Å². The molecule has 1 aromatic carbocycles. The lowest BCUT2D eigenvalue weighted by atomic mass is 10.2. The van der Waals surface area contributed by atoms with Gasteiger partial charge in [-0.2, -0.15) is 5.26 Å². The van der Waals surface area contributed by atoms with Gasteiger partial charge in [0.15, 0.2) is 0 Å². The van der Waals surface area contributed by atoms with E-state index in [-0.39, 0.29) is 17.8 Å². The third-order valence-electron chi connectivity index (χ3n) is 2.38. The molecule has 6 heteroatoms. The van der Waals surface area contributed by atoms with Crippen LogP contribution in [0.25, 0.3) is 0 Å². The molecule has 2 atom stereocenters. The molecule has 3 N–H and O–H groups in total. The van der Waals surface area contributed by atoms with Crippen molar-refractivity contribution >= 4 is 23.4 Å². The predicted molar refractivity (Wildman–Crippen MR) is 74.8 cm³/mol. The minimum Gasteiger partial charge on any atom is -0.394 e. The highest BCUT2D eigenvalue weighted by Crippen LogP contribution is 2.16. The van der Waals surface area contributed by atoms with E-state index in [1.54, 1.807) is 31.2 Å². The van der Waals surface area contributed by atoms with Crippen molar-refractivity contribution < 1.29 is 15.0 Å². The van der Waals surface area contributed by atoms with E-state index in [9.17, 15) is 9.90 Å². The molecular weight excluding hydrogens is 264 g/mol. The molecule has 0 saturated heterocycles. The van der Waals surface area contributed by atoms with E-state index in [0.29, 0.717) is 17.0 Å². The summed E-state index contributed by atoms with van der Waals surface area (Å²) in [6.07, 6.45) is -0.817. The molecule has 0 aliphatic rings. The standard InChI is InChI=1S/C13H16N2O3S/c1-9(19-8-12(17)7-16)13(18)15-11-4-2-3-10(5-11)6-14/h2-5,9,12,16-17H,7-8H2,1H3,(H,15,18). The molecule has 1 rings (SSSR count). The summed E-state index contributed by atoms with van der Waals surface area (Å²) in [6, 6.07) is 8.66. The van der Waals surface area contributed by atoms with Gasteiger partial charge in [0, 0.05) is 11.4 Å². The smallest absolute Gasteiger partial charge is 0.237 e. The number of rotatable bonds is 6. The molecule has 0 aromatic heterocycles. The summed E-state index contributed by atoms with van der Waals surface area (Å²) in [7, 11) is 0. The number of carbonyl (C=O) groups excluding carboxylic acids is 1. The number of hydrogen-bond acceptors (Lipinski definition) is 5. The molecule has 0 bridgehead atoms. The molecule has 102 valence electrons. The first-order valence-corrected chi connectivity index (χ1v) is 6.83. The van der Waals surface area contributed by atoms with Gasteiger partial charge in [-0.1, -0.05) is 6.07 Å². The van der Waals surface area contributed by atoms with Crippen LogP contribution in [0.1, 0.15) is 12.5 Å². The van der Waals surface area contributed by atoms with Gasteiger partial charge in [-0.25, -0.2) is 0 Å². The fourth-order valence-electron chi connectivity index (χ4n) is 1.29. The molecule has 0 radical (unpaired) electrons. The quantitative estimate of drug-likeness (QED) is 0.722. The van der Waals surface area contributed by atoms with Crippen molar-refractivity contribution in [1.29, 1.82) is 5.26 Å². The SMILES string of the molecule is CC(SCC(O)CO)C(=O)Nc1cccc(C#N)c1. The minimum absolute atomic E-state index is 0.203. The molecule has 1 aromatic rings. The number of aliphatic hydroxyl groups is 2. The first kappa shape index (κ1) is 15.5. The van der Waals surface area contributed by atoms with Crippen LogP contribution in [0.3, 0.4) is 0 Å². The third kappa shape index (κ3) is 5.30. The van der Waals surface area contributed by atoms with Crippen LogP contribution in [0.2, 0.25) is 0 Å². The molecule has 0 aliphatic carbocycles. The second-order valence-corrected chi connectivity index (χ2v) is 5.37. The number of carbonyl (C=O) groups is 1. The number of amides is 1. The Bertz CT molecular complexity index is 473. The summed E-state index contributed by atoms with van der Waals surface area (Å²) in [4.78, 5) is 11.9. The van der Waals surface area contributed by atoms with Crippen LogP contribution in [0, 0.1) is 11.3 Å². The summed E-state index contributed by atoms with van der Waals surface area (Å²) in [5.74, 6) is 0.0915. The fourth-order valence-corrected chi connectivity index (χ4v) is 2.12. The molecule has 1 amide bonds. The fraction of sp³-hybridized carbons (Fsp3) is 0.385. The van der Waals surface area contributed by atoms with Gasteiger partial charge in [-0.15, -0.1) is 11.8 Å². The van der Waals surface area contributed by atoms with E-state index >= 15 is 0 Å². The largest absolute Gasteiger partial charge is 0.394 e. The Morgan fingerprint density at radius 1 is 1.58 bits per heavy atom. The Morgan fingerprint density at radius 2 is 2.32 bits per heavy atom. The molecule has 19 heavy (non-hydrogen) atoms. The summed E-state index contributed by atoms with van der Waals surface area (Å²) < 4.78 is 0. The van der Waals surface area contributed by atoms with Crippen molar-refractivity contribution in [1.82, 2.24) is 0 Å². The Morgan fingerprint density at radius 3 is 2.95 bits per heavy atom. The predicted octanol–water partition coefficient (Wildman–Crippen LogP) is 0.972. The highest BCUT2D eigenvalue weighted by atomic mass is 32.2. The van der Waals surface area contributed by atoms with Crippen molar-refractivity contribution in [3.63, 3.8) is 0 Å². The lowest BCUT2D eigenvalue weighted by Crippen LogP contribution is -2.25. The number of anilines is 1. The van der Waals surface area contributed by atoms with Crippen molar-refractivity contribution in [2.24, 2.45) is 0 Å². The summed E-state index contributed by atoms with van der Waals surface area (Å²) in [5, 5.41) is 29.0. The monoisotopic (exact) mass is 280 g/mol. The maximum absolute atomic E-state index is 11.9. The van der Waals surface area contributed by atoms with Crippen LogP contribution in [0.5, 0.6) is 0 Å². The first-order chi connectivity index (χ1) is 9.06. The number of nitriles is 1. The van der Waals surface area contributed by atoms with Crippen LogP contribution >= 0.6 is 11.8 Å². The van der Waals surface area contributed by atoms with E-state index in [1.165, 1.54) is 11.8 Å². The van der Waals surface area contributed by atoms with Gasteiger partial charge < -0.3 is 15.5 Å². The number of benzene rings is 1. The zero-order valence-electron chi connectivity index (χ0n) is 10.5. The Balaban J connectivity index is 2.52. The Kier molecular flexibility index (Phi) is 6.36. The van der Waals surface area contributed by atoms with Gasteiger partial charge in [0.1, 0.15) is 0 Å². The van der Waals surface area contributed by atoms with Crippen LogP contribution in [0.15, 0.2) is 24.3 Å². The van der Waals surface area contributed by atoms with Crippen LogP contribution in [-0.4, -0.2) is 39.8 Å². The number of thioether (sulfide) groups is 1. The molecule has 0 fully saturated rings. The summed E-state index contributed by atoms with van der Waals surface area (Å²) in [6.45, 7) is 1.41. The second-order valence-electron chi connectivity index (χ2n) is 3.99. The van der Waals surface area contributed by atoms with Crippen molar-refractivity contribution in [3.05, 3.63) is 29.8 Å². The molecule has 0 spiro atoms. The highest BCUT2D eigenvalue weighted by molar-refractivity contribution is 8.00. The van der Waals surface area contributed by atoms with Gasteiger partial charge in [0.25, 0.3) is 0 Å². The van der Waals surface area contributed by atoms with Gasteiger partial charge in [-0.05, 0) is 25.1 Å². The Hall–Kier alpha value is -1.55. The normalized spacial score (nSPS) is 13.4. The molecule has 2 unspecified atom stereocenters. The first-order valence-electron chi connectivity index (χ1n) is 5.78. The molecule has 5 nitrogen and oxygen atoms in total. The molecule has 0 aliphatic heterocycles. The van der Waals surface area contributed by atoms with E-state index in [4.69, 9.17) is 10.4 Å². The van der Waals surface area contributed by atoms with Gasteiger partial charge >= 0.3 is 0 Å². The zero-order valence-corrected chi connectivity index (χ0v) is 11.4. The molecular formula is C13H16N2O3S. The van der Waals surface area contributed by atoms with Crippen LogP contribution in [0.4, 0.5) is 5.69 Å². The molecule has 0 heterocycles. The van der Waals surface area contributed by atoms with E-state index in [0.717, 1.165) is 0 Å². The number of nitrogens with one attached hydrogen (secondary N) is 1. The summed E-state index contributed by atoms with van der Waals surface area (Å²) in [5.41, 5.74) is 1.05. The van der Waals surface area contributed by atoms with E-state index in [1.807, 2.05) is 6.07 Å². The maximum atomic E-state index is 11.9. The molecule has 0 saturated carbocycles. The van der Waals surface area contributed by atoms with E-state index < -0.39 is 6.10 Å². The zero-order chi connectivity index (χ0) is 14.3. The van der Waals surface area contributed by atoms with Crippen molar-refractivity contribution in [3.8, 4) is 6.07 Å². The lowest BCUT2D eigenvalue weighted by Gasteiger charge is -2.13. The topological polar surface area (TPSA) is 93.3 Å². The third-order valence-corrected chi connectivity index (χ3v) is 3.67. The number of aliphatic hydroxyl groups excluding tert-OH is 2. The lowest BCUT2D eigenvalue weighted by molar-refractivity contribution is -0.115. The second kappa shape index (κ2) is 7.79. The minimum atomic E-state index is -0.817. The van der Waals surface area contributed by atoms with Gasteiger partial charge in [0.05, 0.1) is 29.6 Å². The number of hydrogen-bond donors (Lipinski definition) is 3. The Labute approximate surface area is 116 Å². The summed E-state index contributed by atoms with van der Waals surface area (Å²) >= 11 is 1.26. The van der Waals surface area contributed by atoms with Crippen LogP contribution in [-0.2, 0) is 4.79 Å². The average Bonchev–Trinajstić information content (AvgIpc) is 2.44. The van der Waals surface area contributed by atoms with Crippen molar-refractivity contribution in [2.45, 2.75) is 18.3 Å². The van der Waals surface area contributed by atoms with Gasteiger partial charge in [0.2, 0.25) is 5.91 Å². The maximum Gasteiger partial charge on any atom is 0.237 e. The average molecular weight is 280 g/mol. The highest BCUT2D eigenvalue weighted by Gasteiger charge is 2.15. The van der Waals surface area contributed by atoms with Crippen molar-refractivity contribution in [2.75, 3.05) is 17.7 Å². The van der Waals surface area contributed by atoms with E-state index in [2.05, 4.69) is 5.32 Å².